The fourth-order valence-corrected chi connectivity index (χ4v) is 2.03. The summed E-state index contributed by atoms with van der Waals surface area (Å²) in [4.78, 5) is 0. The minimum Gasteiger partial charge on any atom is -0.329 e. The maximum Gasteiger partial charge on any atom is 0.130 e. The number of rotatable bonds is 7. The van der Waals surface area contributed by atoms with Gasteiger partial charge >= 0.3 is 0 Å². The minimum atomic E-state index is -0.539. The molecule has 0 heterocycles. The van der Waals surface area contributed by atoms with E-state index in [2.05, 4.69) is 19.2 Å². The van der Waals surface area contributed by atoms with Gasteiger partial charge in [0.05, 0.1) is 6.04 Å². The standard InChI is InChI=1S/C14H22F2N2/c1-3-10(4-2)9-18-13(8-17)14-11(15)6-5-7-12(14)16/h5-7,10,13,18H,3-4,8-9,17H2,1-2H3. The summed E-state index contributed by atoms with van der Waals surface area (Å²) < 4.78 is 27.3. The van der Waals surface area contributed by atoms with Crippen LogP contribution in [0.4, 0.5) is 8.78 Å². The van der Waals surface area contributed by atoms with Gasteiger partial charge in [0.1, 0.15) is 11.6 Å². The fraction of sp³-hybridized carbons (Fsp3) is 0.571. The number of hydrogen-bond acceptors (Lipinski definition) is 2. The van der Waals surface area contributed by atoms with E-state index in [0.717, 1.165) is 19.4 Å². The molecule has 0 aliphatic rings. The highest BCUT2D eigenvalue weighted by Crippen LogP contribution is 2.20. The largest absolute Gasteiger partial charge is 0.329 e. The van der Waals surface area contributed by atoms with Crippen molar-refractivity contribution in [3.05, 3.63) is 35.4 Å². The Morgan fingerprint density at radius 1 is 1.17 bits per heavy atom. The number of halogens is 2. The molecule has 0 spiro atoms. The Labute approximate surface area is 108 Å². The lowest BCUT2D eigenvalue weighted by atomic mass is 10.0. The summed E-state index contributed by atoms with van der Waals surface area (Å²) in [5.41, 5.74) is 5.66. The molecule has 0 saturated heterocycles. The van der Waals surface area contributed by atoms with Crippen LogP contribution in [0.25, 0.3) is 0 Å². The molecule has 1 aromatic carbocycles. The van der Waals surface area contributed by atoms with Gasteiger partial charge in [-0.1, -0.05) is 32.8 Å². The van der Waals surface area contributed by atoms with E-state index < -0.39 is 17.7 Å². The average molecular weight is 256 g/mol. The third-order valence-corrected chi connectivity index (χ3v) is 3.39. The normalized spacial score (nSPS) is 13.0. The van der Waals surface area contributed by atoms with Gasteiger partial charge in [-0.15, -0.1) is 0 Å². The molecule has 3 N–H and O–H groups in total. The van der Waals surface area contributed by atoms with Crippen LogP contribution in [0.5, 0.6) is 0 Å². The SMILES string of the molecule is CCC(CC)CNC(CN)c1c(F)cccc1F. The summed E-state index contributed by atoms with van der Waals surface area (Å²) >= 11 is 0. The molecule has 1 aromatic rings. The molecule has 0 fully saturated rings. The van der Waals surface area contributed by atoms with Crippen molar-refractivity contribution in [2.45, 2.75) is 32.7 Å². The molecule has 1 unspecified atom stereocenters. The van der Waals surface area contributed by atoms with Crippen molar-refractivity contribution < 1.29 is 8.78 Å². The first-order chi connectivity index (χ1) is 8.63. The Balaban J connectivity index is 2.77. The smallest absolute Gasteiger partial charge is 0.130 e. The third-order valence-electron chi connectivity index (χ3n) is 3.39. The molecule has 102 valence electrons. The summed E-state index contributed by atoms with van der Waals surface area (Å²) in [5.74, 6) is -0.570. The number of hydrogen-bond donors (Lipinski definition) is 2. The Morgan fingerprint density at radius 2 is 1.72 bits per heavy atom. The topological polar surface area (TPSA) is 38.0 Å². The van der Waals surface area contributed by atoms with Gasteiger partial charge in [-0.05, 0) is 24.6 Å². The quantitative estimate of drug-likeness (QED) is 0.787. The van der Waals surface area contributed by atoms with Crippen molar-refractivity contribution in [3.63, 3.8) is 0 Å². The van der Waals surface area contributed by atoms with Crippen LogP contribution in [-0.4, -0.2) is 13.1 Å². The van der Waals surface area contributed by atoms with E-state index in [-0.39, 0.29) is 12.1 Å². The van der Waals surface area contributed by atoms with E-state index in [4.69, 9.17) is 5.73 Å². The Kier molecular flexibility index (Phi) is 6.22. The van der Waals surface area contributed by atoms with Crippen LogP contribution in [0.3, 0.4) is 0 Å². The predicted molar refractivity (Wildman–Crippen MR) is 70.2 cm³/mol. The van der Waals surface area contributed by atoms with Gasteiger partial charge in [0.2, 0.25) is 0 Å². The lowest BCUT2D eigenvalue weighted by Crippen LogP contribution is -2.33. The van der Waals surface area contributed by atoms with Crippen LogP contribution in [0.2, 0.25) is 0 Å². The van der Waals surface area contributed by atoms with Crippen LogP contribution in [0.15, 0.2) is 18.2 Å². The zero-order valence-electron chi connectivity index (χ0n) is 11.0. The van der Waals surface area contributed by atoms with Gasteiger partial charge < -0.3 is 11.1 Å². The van der Waals surface area contributed by atoms with Crippen LogP contribution >= 0.6 is 0 Å². The molecule has 0 saturated carbocycles. The summed E-state index contributed by atoms with van der Waals surface area (Å²) in [5, 5.41) is 3.16. The lowest BCUT2D eigenvalue weighted by molar-refractivity contribution is 0.398. The third kappa shape index (κ3) is 3.75. The molecule has 1 atom stereocenters. The second-order valence-electron chi connectivity index (χ2n) is 4.51. The molecule has 4 heteroatoms. The summed E-state index contributed by atoms with van der Waals surface area (Å²) in [6, 6.07) is 3.43. The summed E-state index contributed by atoms with van der Waals surface area (Å²) in [6.45, 7) is 5.12. The molecule has 0 aliphatic heterocycles. The first-order valence-electron chi connectivity index (χ1n) is 6.51. The highest BCUT2D eigenvalue weighted by Gasteiger charge is 2.19. The fourth-order valence-electron chi connectivity index (χ4n) is 2.03. The lowest BCUT2D eigenvalue weighted by Gasteiger charge is -2.21. The zero-order valence-corrected chi connectivity index (χ0v) is 11.0. The summed E-state index contributed by atoms with van der Waals surface area (Å²) in [6.07, 6.45) is 2.08. The van der Waals surface area contributed by atoms with Crippen LogP contribution in [0, 0.1) is 17.6 Å². The number of nitrogens with one attached hydrogen (secondary N) is 1. The second kappa shape index (κ2) is 7.44. The molecular weight excluding hydrogens is 234 g/mol. The van der Waals surface area contributed by atoms with E-state index >= 15 is 0 Å². The van der Waals surface area contributed by atoms with Crippen LogP contribution in [0.1, 0.15) is 38.3 Å². The van der Waals surface area contributed by atoms with Gasteiger partial charge in [0.15, 0.2) is 0 Å². The molecule has 0 aliphatic carbocycles. The van der Waals surface area contributed by atoms with Crippen molar-refractivity contribution in [1.82, 2.24) is 5.32 Å². The summed E-state index contributed by atoms with van der Waals surface area (Å²) in [7, 11) is 0. The molecule has 0 amide bonds. The van der Waals surface area contributed by atoms with Gasteiger partial charge in [0.25, 0.3) is 0 Å². The van der Waals surface area contributed by atoms with E-state index in [1.165, 1.54) is 18.2 Å². The first-order valence-corrected chi connectivity index (χ1v) is 6.51. The number of benzene rings is 1. The zero-order chi connectivity index (χ0) is 13.5. The molecule has 2 nitrogen and oxygen atoms in total. The highest BCUT2D eigenvalue weighted by molar-refractivity contribution is 5.23. The van der Waals surface area contributed by atoms with Gasteiger partial charge in [-0.3, -0.25) is 0 Å². The first kappa shape index (κ1) is 15.1. The van der Waals surface area contributed by atoms with E-state index in [1.807, 2.05) is 0 Å². The Morgan fingerprint density at radius 3 is 2.17 bits per heavy atom. The van der Waals surface area contributed by atoms with Crippen molar-refractivity contribution in [2.24, 2.45) is 11.7 Å². The highest BCUT2D eigenvalue weighted by atomic mass is 19.1. The molecule has 1 rings (SSSR count). The van der Waals surface area contributed by atoms with Crippen molar-refractivity contribution >= 4 is 0 Å². The Bertz CT molecular complexity index is 345. The maximum atomic E-state index is 13.6. The van der Waals surface area contributed by atoms with Gasteiger partial charge in [0, 0.05) is 12.1 Å². The van der Waals surface area contributed by atoms with Crippen LogP contribution < -0.4 is 11.1 Å². The Hall–Kier alpha value is -1.00. The molecule has 0 radical (unpaired) electrons. The van der Waals surface area contributed by atoms with E-state index in [9.17, 15) is 8.78 Å². The second-order valence-corrected chi connectivity index (χ2v) is 4.51. The molecule has 0 aromatic heterocycles. The average Bonchev–Trinajstić information content (AvgIpc) is 2.37. The van der Waals surface area contributed by atoms with Crippen molar-refractivity contribution in [3.8, 4) is 0 Å². The molecular formula is C14H22F2N2. The molecule has 18 heavy (non-hydrogen) atoms. The van der Waals surface area contributed by atoms with Crippen LogP contribution in [-0.2, 0) is 0 Å². The van der Waals surface area contributed by atoms with E-state index in [1.54, 1.807) is 0 Å². The van der Waals surface area contributed by atoms with E-state index in [0.29, 0.717) is 5.92 Å². The predicted octanol–water partition coefficient (Wildman–Crippen LogP) is 2.99. The maximum absolute atomic E-state index is 13.6. The van der Waals surface area contributed by atoms with Crippen molar-refractivity contribution in [1.29, 1.82) is 0 Å². The minimum absolute atomic E-state index is 0.0472. The monoisotopic (exact) mass is 256 g/mol. The molecule has 0 bridgehead atoms. The number of nitrogens with two attached hydrogens (primary N) is 1. The van der Waals surface area contributed by atoms with Gasteiger partial charge in [-0.25, -0.2) is 8.78 Å². The van der Waals surface area contributed by atoms with Gasteiger partial charge in [-0.2, -0.15) is 0 Å². The van der Waals surface area contributed by atoms with Crippen molar-refractivity contribution in [2.75, 3.05) is 13.1 Å².